The lowest BCUT2D eigenvalue weighted by atomic mass is 9.92. The van der Waals surface area contributed by atoms with E-state index in [4.69, 9.17) is 9.47 Å². The molecule has 0 aromatic heterocycles. The number of aliphatic hydroxyl groups excluding tert-OH is 1. The van der Waals surface area contributed by atoms with E-state index in [1.165, 1.54) is 0 Å². The van der Waals surface area contributed by atoms with Crippen molar-refractivity contribution in [2.45, 2.75) is 32.9 Å². The van der Waals surface area contributed by atoms with Crippen molar-refractivity contribution in [3.63, 3.8) is 0 Å². The van der Waals surface area contributed by atoms with Crippen LogP contribution in [0.3, 0.4) is 0 Å². The van der Waals surface area contributed by atoms with Crippen LogP contribution in [0.4, 0.5) is 0 Å². The Labute approximate surface area is 211 Å². The minimum absolute atomic E-state index is 0.101. The second-order valence-corrected chi connectivity index (χ2v) is 8.95. The lowest BCUT2D eigenvalue weighted by molar-refractivity contribution is -0.140. The number of carbonyl (C=O) groups is 2. The molecule has 3 aromatic rings. The van der Waals surface area contributed by atoms with Gasteiger partial charge in [-0.15, -0.1) is 0 Å². The Morgan fingerprint density at radius 3 is 2.36 bits per heavy atom. The summed E-state index contributed by atoms with van der Waals surface area (Å²) in [5.41, 5.74) is 4.19. The predicted molar refractivity (Wildman–Crippen MR) is 139 cm³/mol. The molecular weight excluding hydrogens is 454 g/mol. The summed E-state index contributed by atoms with van der Waals surface area (Å²) >= 11 is 0. The summed E-state index contributed by atoms with van der Waals surface area (Å²) in [6.45, 7) is 5.06. The largest absolute Gasteiger partial charge is 0.507 e. The molecule has 36 heavy (non-hydrogen) atoms. The molecule has 1 aliphatic rings. The van der Waals surface area contributed by atoms with Crippen LogP contribution in [0.2, 0.25) is 0 Å². The summed E-state index contributed by atoms with van der Waals surface area (Å²) in [5.74, 6) is -0.792. The van der Waals surface area contributed by atoms with Crippen molar-refractivity contribution in [1.29, 1.82) is 0 Å². The normalized spacial score (nSPS) is 17.0. The summed E-state index contributed by atoms with van der Waals surface area (Å²) < 4.78 is 11.1. The summed E-state index contributed by atoms with van der Waals surface area (Å²) in [5, 5.41) is 11.4. The van der Waals surface area contributed by atoms with Gasteiger partial charge in [-0.1, -0.05) is 54.6 Å². The highest BCUT2D eigenvalue weighted by Crippen LogP contribution is 2.41. The van der Waals surface area contributed by atoms with Gasteiger partial charge < -0.3 is 19.5 Å². The van der Waals surface area contributed by atoms with Gasteiger partial charge in [0, 0.05) is 25.8 Å². The molecule has 1 heterocycles. The molecule has 0 aliphatic carbocycles. The molecule has 3 aromatic carbocycles. The van der Waals surface area contributed by atoms with Crippen LogP contribution in [0.5, 0.6) is 5.75 Å². The molecule has 1 fully saturated rings. The van der Waals surface area contributed by atoms with Crippen LogP contribution in [0, 0.1) is 13.8 Å². The van der Waals surface area contributed by atoms with Gasteiger partial charge in [-0.3, -0.25) is 9.59 Å². The van der Waals surface area contributed by atoms with Crippen LogP contribution in [0.1, 0.15) is 40.3 Å². The first kappa shape index (κ1) is 25.2. The van der Waals surface area contributed by atoms with Crippen molar-refractivity contribution >= 4 is 17.4 Å². The summed E-state index contributed by atoms with van der Waals surface area (Å²) in [4.78, 5) is 27.8. The van der Waals surface area contributed by atoms with Gasteiger partial charge in [0.15, 0.2) is 0 Å². The van der Waals surface area contributed by atoms with Crippen molar-refractivity contribution in [1.82, 2.24) is 4.90 Å². The second-order valence-electron chi connectivity index (χ2n) is 8.95. The van der Waals surface area contributed by atoms with Crippen LogP contribution >= 0.6 is 0 Å². The molecule has 1 N–H and O–H groups in total. The van der Waals surface area contributed by atoms with Crippen molar-refractivity contribution in [3.05, 3.63) is 106 Å². The number of ketones is 1. The molecule has 6 heteroatoms. The fraction of sp³-hybridized carbons (Fsp3) is 0.267. The molecule has 1 unspecified atom stereocenters. The minimum Gasteiger partial charge on any atom is -0.507 e. The van der Waals surface area contributed by atoms with Crippen LogP contribution in [0.25, 0.3) is 5.76 Å². The monoisotopic (exact) mass is 485 g/mol. The molecule has 1 aliphatic heterocycles. The molecule has 4 rings (SSSR count). The van der Waals surface area contributed by atoms with Crippen LogP contribution in [-0.4, -0.2) is 42.0 Å². The van der Waals surface area contributed by atoms with E-state index in [1.807, 2.05) is 68.4 Å². The molecular formula is C30H31NO5. The SMILES string of the molecule is COCCCN1C(=O)C(=O)/C(=C(/O)c2ccc(OCc3ccccc3)c(C)c2)C1c1ccccc1C. The van der Waals surface area contributed by atoms with Gasteiger partial charge in [-0.25, -0.2) is 0 Å². The number of carbonyl (C=O) groups excluding carboxylic acids is 2. The average molecular weight is 486 g/mol. The number of methoxy groups -OCH3 is 1. The number of likely N-dealkylation sites (tertiary alicyclic amines) is 1. The third kappa shape index (κ3) is 5.19. The van der Waals surface area contributed by atoms with E-state index in [0.717, 1.165) is 22.3 Å². The van der Waals surface area contributed by atoms with Crippen LogP contribution < -0.4 is 4.74 Å². The van der Waals surface area contributed by atoms with Gasteiger partial charge in [0.2, 0.25) is 0 Å². The van der Waals surface area contributed by atoms with E-state index in [9.17, 15) is 14.7 Å². The predicted octanol–water partition coefficient (Wildman–Crippen LogP) is 5.34. The Bertz CT molecular complexity index is 1280. The van der Waals surface area contributed by atoms with Gasteiger partial charge in [0.05, 0.1) is 11.6 Å². The maximum atomic E-state index is 13.2. The van der Waals surface area contributed by atoms with E-state index >= 15 is 0 Å². The van der Waals surface area contributed by atoms with Gasteiger partial charge in [-0.2, -0.15) is 0 Å². The number of Topliss-reactive ketones (excluding diaryl/α,β-unsaturated/α-hetero) is 1. The fourth-order valence-corrected chi connectivity index (χ4v) is 4.56. The van der Waals surface area contributed by atoms with Crippen LogP contribution in [0.15, 0.2) is 78.4 Å². The minimum atomic E-state index is -0.680. The van der Waals surface area contributed by atoms with Gasteiger partial charge in [0.1, 0.15) is 18.1 Å². The lowest BCUT2D eigenvalue weighted by Crippen LogP contribution is -2.31. The highest BCUT2D eigenvalue weighted by Gasteiger charge is 2.46. The number of hydrogen-bond donors (Lipinski definition) is 1. The highest BCUT2D eigenvalue weighted by atomic mass is 16.5. The Morgan fingerprint density at radius 1 is 0.944 bits per heavy atom. The van der Waals surface area contributed by atoms with Gasteiger partial charge in [-0.05, 0) is 60.7 Å². The summed E-state index contributed by atoms with van der Waals surface area (Å²) in [7, 11) is 1.60. The Kier molecular flexibility index (Phi) is 7.86. The first-order chi connectivity index (χ1) is 17.4. The van der Waals surface area contributed by atoms with Gasteiger partial charge in [0.25, 0.3) is 11.7 Å². The molecule has 0 bridgehead atoms. The van der Waals surface area contributed by atoms with Crippen molar-refractivity contribution < 1.29 is 24.2 Å². The van der Waals surface area contributed by atoms with Crippen LogP contribution in [-0.2, 0) is 20.9 Å². The topological polar surface area (TPSA) is 76.1 Å². The Balaban J connectivity index is 1.70. The smallest absolute Gasteiger partial charge is 0.295 e. The number of benzene rings is 3. The van der Waals surface area contributed by atoms with E-state index in [2.05, 4.69) is 0 Å². The molecule has 0 spiro atoms. The quantitative estimate of drug-likeness (QED) is 0.192. The molecule has 186 valence electrons. The second kappa shape index (κ2) is 11.2. The first-order valence-electron chi connectivity index (χ1n) is 12.0. The Morgan fingerprint density at radius 2 is 1.67 bits per heavy atom. The molecule has 0 saturated carbocycles. The van der Waals surface area contributed by atoms with E-state index in [1.54, 1.807) is 30.2 Å². The number of rotatable bonds is 9. The Hall–Kier alpha value is -3.90. The van der Waals surface area contributed by atoms with E-state index < -0.39 is 17.7 Å². The number of ether oxygens (including phenoxy) is 2. The molecule has 1 atom stereocenters. The number of hydrogen-bond acceptors (Lipinski definition) is 5. The maximum absolute atomic E-state index is 13.2. The zero-order valence-corrected chi connectivity index (χ0v) is 20.9. The van der Waals surface area contributed by atoms with Crippen molar-refractivity contribution in [2.75, 3.05) is 20.3 Å². The van der Waals surface area contributed by atoms with Crippen molar-refractivity contribution in [3.8, 4) is 5.75 Å². The zero-order chi connectivity index (χ0) is 25.7. The molecule has 6 nitrogen and oxygen atoms in total. The van der Waals surface area contributed by atoms with E-state index in [-0.39, 0.29) is 11.3 Å². The maximum Gasteiger partial charge on any atom is 0.295 e. The summed E-state index contributed by atoms with van der Waals surface area (Å²) in [6.07, 6.45) is 0.582. The van der Waals surface area contributed by atoms with E-state index in [0.29, 0.717) is 37.5 Å². The lowest BCUT2D eigenvalue weighted by Gasteiger charge is -2.26. The number of amides is 1. The fourth-order valence-electron chi connectivity index (χ4n) is 4.56. The zero-order valence-electron chi connectivity index (χ0n) is 20.9. The average Bonchev–Trinajstić information content (AvgIpc) is 3.13. The molecule has 0 radical (unpaired) electrons. The summed E-state index contributed by atoms with van der Waals surface area (Å²) in [6, 6.07) is 22.1. The number of aryl methyl sites for hydroxylation is 2. The molecule has 1 saturated heterocycles. The third-order valence-corrected chi connectivity index (χ3v) is 6.46. The van der Waals surface area contributed by atoms with Gasteiger partial charge >= 0.3 is 0 Å². The highest BCUT2D eigenvalue weighted by molar-refractivity contribution is 6.46. The third-order valence-electron chi connectivity index (χ3n) is 6.46. The first-order valence-corrected chi connectivity index (χ1v) is 12.0. The van der Waals surface area contributed by atoms with Crippen molar-refractivity contribution in [2.24, 2.45) is 0 Å². The number of nitrogens with zero attached hydrogens (tertiary/aromatic N) is 1. The standard InChI is InChI=1S/C30H31NO5/c1-20-10-7-8-13-24(20)27-26(29(33)30(34)31(27)16-9-17-35-3)28(32)23-14-15-25(21(2)18-23)36-19-22-11-5-4-6-12-22/h4-8,10-15,18,27,32H,9,16-17,19H2,1-3H3/b28-26+. The number of aliphatic hydroxyl groups is 1. The molecule has 1 amide bonds.